The van der Waals surface area contributed by atoms with Crippen LogP contribution in [0.25, 0.3) is 0 Å². The Labute approximate surface area is 144 Å². The van der Waals surface area contributed by atoms with Gasteiger partial charge in [0.05, 0.1) is 7.11 Å². The average Bonchev–Trinajstić information content (AvgIpc) is 2.48. The first-order valence-electron chi connectivity index (χ1n) is 6.64. The second kappa shape index (κ2) is 8.88. The molecule has 0 amide bonds. The maximum absolute atomic E-state index is 9.78. The molecule has 3 N–H and O–H groups in total. The van der Waals surface area contributed by atoms with Crippen LogP contribution in [0.1, 0.15) is 11.1 Å². The molecule has 0 bridgehead atoms. The van der Waals surface area contributed by atoms with E-state index >= 15 is 0 Å². The summed E-state index contributed by atoms with van der Waals surface area (Å²) in [5.41, 5.74) is 2.14. The van der Waals surface area contributed by atoms with E-state index in [9.17, 15) is 10.2 Å². The van der Waals surface area contributed by atoms with Crippen LogP contribution in [0.15, 0.2) is 40.9 Å². The SMILES string of the molecule is COc1cc(Br)c(CNCCc2ccc(O)cc2)cc1O.Cl. The van der Waals surface area contributed by atoms with E-state index in [0.717, 1.165) is 28.6 Å². The Hall–Kier alpha value is -1.43. The number of methoxy groups -OCH3 is 1. The minimum Gasteiger partial charge on any atom is -0.508 e. The van der Waals surface area contributed by atoms with Gasteiger partial charge in [0.15, 0.2) is 11.5 Å². The first kappa shape index (κ1) is 18.6. The van der Waals surface area contributed by atoms with Gasteiger partial charge < -0.3 is 20.3 Å². The van der Waals surface area contributed by atoms with Crippen LogP contribution in [0.5, 0.6) is 17.2 Å². The van der Waals surface area contributed by atoms with Crippen LogP contribution >= 0.6 is 28.3 Å². The highest BCUT2D eigenvalue weighted by Gasteiger charge is 2.07. The van der Waals surface area contributed by atoms with Crippen molar-refractivity contribution in [2.45, 2.75) is 13.0 Å². The normalized spacial score (nSPS) is 10.1. The fraction of sp³-hybridized carbons (Fsp3) is 0.250. The van der Waals surface area contributed by atoms with E-state index in [-0.39, 0.29) is 23.9 Å². The third kappa shape index (κ3) is 5.09. The topological polar surface area (TPSA) is 61.7 Å². The summed E-state index contributed by atoms with van der Waals surface area (Å²) in [4.78, 5) is 0. The maximum atomic E-state index is 9.78. The van der Waals surface area contributed by atoms with Gasteiger partial charge in [0, 0.05) is 11.0 Å². The third-order valence-electron chi connectivity index (χ3n) is 3.19. The van der Waals surface area contributed by atoms with E-state index in [2.05, 4.69) is 21.2 Å². The van der Waals surface area contributed by atoms with Gasteiger partial charge in [-0.15, -0.1) is 12.4 Å². The van der Waals surface area contributed by atoms with E-state index in [1.807, 2.05) is 12.1 Å². The van der Waals surface area contributed by atoms with Gasteiger partial charge in [-0.1, -0.05) is 28.1 Å². The standard InChI is InChI=1S/C16H18BrNO3.ClH/c1-21-16-9-14(17)12(8-15(16)20)10-18-7-6-11-2-4-13(19)5-3-11;/h2-5,8-9,18-20H,6-7,10H2,1H3;1H. The minimum atomic E-state index is 0. The number of ether oxygens (including phenoxy) is 1. The summed E-state index contributed by atoms with van der Waals surface area (Å²) in [6, 6.07) is 10.6. The highest BCUT2D eigenvalue weighted by Crippen LogP contribution is 2.32. The second-order valence-electron chi connectivity index (χ2n) is 4.71. The lowest BCUT2D eigenvalue weighted by atomic mass is 10.1. The molecule has 0 spiro atoms. The molecule has 22 heavy (non-hydrogen) atoms. The number of halogens is 2. The summed E-state index contributed by atoms with van der Waals surface area (Å²) in [5.74, 6) is 0.870. The molecule has 0 saturated carbocycles. The zero-order chi connectivity index (χ0) is 15.2. The molecule has 4 nitrogen and oxygen atoms in total. The number of nitrogens with one attached hydrogen (secondary N) is 1. The summed E-state index contributed by atoms with van der Waals surface area (Å²) < 4.78 is 5.95. The molecule has 2 rings (SSSR count). The summed E-state index contributed by atoms with van der Waals surface area (Å²) in [7, 11) is 1.52. The Balaban J connectivity index is 0.00000242. The van der Waals surface area contributed by atoms with Gasteiger partial charge in [-0.2, -0.15) is 0 Å². The molecule has 0 saturated heterocycles. The van der Waals surface area contributed by atoms with Gasteiger partial charge in [0.2, 0.25) is 0 Å². The van der Waals surface area contributed by atoms with Crippen molar-refractivity contribution < 1.29 is 14.9 Å². The predicted octanol–water partition coefficient (Wildman–Crippen LogP) is 3.62. The Morgan fingerprint density at radius 1 is 1.14 bits per heavy atom. The molecule has 0 fully saturated rings. The first-order chi connectivity index (χ1) is 10.1. The zero-order valence-corrected chi connectivity index (χ0v) is 14.6. The third-order valence-corrected chi connectivity index (χ3v) is 3.93. The van der Waals surface area contributed by atoms with Crippen molar-refractivity contribution >= 4 is 28.3 Å². The molecule has 0 aromatic heterocycles. The van der Waals surface area contributed by atoms with Crippen LogP contribution in [0.4, 0.5) is 0 Å². The van der Waals surface area contributed by atoms with Gasteiger partial charge in [-0.05, 0) is 48.4 Å². The number of aromatic hydroxyl groups is 2. The molecular formula is C16H19BrClNO3. The number of phenolic OH excluding ortho intramolecular Hbond substituents is 2. The van der Waals surface area contributed by atoms with Crippen LogP contribution in [-0.4, -0.2) is 23.9 Å². The molecule has 6 heteroatoms. The summed E-state index contributed by atoms with van der Waals surface area (Å²) in [5, 5.41) is 22.3. The van der Waals surface area contributed by atoms with Crippen molar-refractivity contribution in [2.75, 3.05) is 13.7 Å². The molecule has 120 valence electrons. The summed E-state index contributed by atoms with van der Waals surface area (Å²) in [6.07, 6.45) is 0.875. The molecule has 0 aliphatic heterocycles. The van der Waals surface area contributed by atoms with Crippen molar-refractivity contribution in [3.63, 3.8) is 0 Å². The van der Waals surface area contributed by atoms with E-state index in [1.54, 1.807) is 24.3 Å². The fourth-order valence-corrected chi connectivity index (χ4v) is 2.47. The fourth-order valence-electron chi connectivity index (χ4n) is 2.00. The molecule has 0 aliphatic carbocycles. The zero-order valence-electron chi connectivity index (χ0n) is 12.2. The number of hydrogen-bond donors (Lipinski definition) is 3. The van der Waals surface area contributed by atoms with Crippen molar-refractivity contribution in [3.8, 4) is 17.2 Å². The van der Waals surface area contributed by atoms with Crippen molar-refractivity contribution in [2.24, 2.45) is 0 Å². The lowest BCUT2D eigenvalue weighted by molar-refractivity contribution is 0.372. The second-order valence-corrected chi connectivity index (χ2v) is 5.56. The molecular weight excluding hydrogens is 370 g/mol. The quantitative estimate of drug-likeness (QED) is 0.661. The number of rotatable bonds is 6. The molecule has 0 heterocycles. The Morgan fingerprint density at radius 2 is 1.82 bits per heavy atom. The number of benzene rings is 2. The van der Waals surface area contributed by atoms with Gasteiger partial charge in [0.1, 0.15) is 5.75 Å². The maximum Gasteiger partial charge on any atom is 0.161 e. The van der Waals surface area contributed by atoms with Gasteiger partial charge >= 0.3 is 0 Å². The number of hydrogen-bond acceptors (Lipinski definition) is 4. The summed E-state index contributed by atoms with van der Waals surface area (Å²) >= 11 is 3.47. The minimum absolute atomic E-state index is 0. The molecule has 2 aromatic rings. The van der Waals surface area contributed by atoms with Crippen molar-refractivity contribution in [1.82, 2.24) is 5.32 Å². The highest BCUT2D eigenvalue weighted by molar-refractivity contribution is 9.10. The van der Waals surface area contributed by atoms with E-state index < -0.39 is 0 Å². The molecule has 0 radical (unpaired) electrons. The largest absolute Gasteiger partial charge is 0.508 e. The molecule has 0 atom stereocenters. The lowest BCUT2D eigenvalue weighted by Crippen LogP contribution is -2.17. The van der Waals surface area contributed by atoms with Crippen LogP contribution < -0.4 is 10.1 Å². The van der Waals surface area contributed by atoms with Gasteiger partial charge in [-0.3, -0.25) is 0 Å². The van der Waals surface area contributed by atoms with Crippen molar-refractivity contribution in [3.05, 3.63) is 52.0 Å². The Morgan fingerprint density at radius 3 is 2.45 bits per heavy atom. The Kier molecular flexibility index (Phi) is 7.51. The molecule has 0 unspecified atom stereocenters. The van der Waals surface area contributed by atoms with E-state index in [4.69, 9.17) is 4.74 Å². The van der Waals surface area contributed by atoms with Crippen LogP contribution in [-0.2, 0) is 13.0 Å². The molecule has 0 aliphatic rings. The average molecular weight is 389 g/mol. The monoisotopic (exact) mass is 387 g/mol. The Bertz CT molecular complexity index is 605. The highest BCUT2D eigenvalue weighted by atomic mass is 79.9. The van der Waals surface area contributed by atoms with Crippen molar-refractivity contribution in [1.29, 1.82) is 0 Å². The predicted molar refractivity (Wildman–Crippen MR) is 93.1 cm³/mol. The van der Waals surface area contributed by atoms with E-state index in [1.165, 1.54) is 7.11 Å². The number of phenols is 2. The van der Waals surface area contributed by atoms with Crippen LogP contribution in [0, 0.1) is 0 Å². The van der Waals surface area contributed by atoms with E-state index in [0.29, 0.717) is 12.3 Å². The van der Waals surface area contributed by atoms with Gasteiger partial charge in [0.25, 0.3) is 0 Å². The summed E-state index contributed by atoms with van der Waals surface area (Å²) in [6.45, 7) is 1.46. The molecule has 2 aromatic carbocycles. The van der Waals surface area contributed by atoms with Gasteiger partial charge in [-0.25, -0.2) is 0 Å². The van der Waals surface area contributed by atoms with Crippen LogP contribution in [0.3, 0.4) is 0 Å². The lowest BCUT2D eigenvalue weighted by Gasteiger charge is -2.10. The smallest absolute Gasteiger partial charge is 0.161 e. The van der Waals surface area contributed by atoms with Crippen LogP contribution in [0.2, 0.25) is 0 Å². The first-order valence-corrected chi connectivity index (χ1v) is 7.43.